The van der Waals surface area contributed by atoms with Crippen molar-refractivity contribution in [1.29, 1.82) is 0 Å². The normalized spacial score (nSPS) is 13.7. The van der Waals surface area contributed by atoms with Gasteiger partial charge in [-0.25, -0.2) is 0 Å². The molecule has 6 N–H and O–H groups in total. The summed E-state index contributed by atoms with van der Waals surface area (Å²) >= 11 is 0. The van der Waals surface area contributed by atoms with E-state index in [4.69, 9.17) is 24.1 Å². The molecule has 0 aromatic rings. The maximum atomic E-state index is 11.0. The molecule has 0 aromatic heterocycles. The summed E-state index contributed by atoms with van der Waals surface area (Å²) in [6.07, 6.45) is 4.13. The van der Waals surface area contributed by atoms with Crippen LogP contribution in [0.2, 0.25) is 0 Å². The molecule has 0 radical (unpaired) electrons. The third-order valence-electron chi connectivity index (χ3n) is 3.11. The Kier molecular flexibility index (Phi) is 10.3. The standard InChI is InChI=1S/C10H25NO9P2S/c12-21(13,14)10(22(15,16)17)9-11-7-5-3-1-2-4-6-8-23(18,19)20/h10-11H,1-9H2,(H2,12,13,14)(H2,15,16,17)(H,18,19,20). The van der Waals surface area contributed by atoms with Crippen LogP contribution in [0.5, 0.6) is 0 Å². The molecule has 0 saturated heterocycles. The van der Waals surface area contributed by atoms with Crippen LogP contribution in [0, 0.1) is 0 Å². The van der Waals surface area contributed by atoms with E-state index in [1.54, 1.807) is 0 Å². The summed E-state index contributed by atoms with van der Waals surface area (Å²) in [5, 5.41) is 0.592. The zero-order valence-corrected chi connectivity index (χ0v) is 15.2. The molecule has 23 heavy (non-hydrogen) atoms. The van der Waals surface area contributed by atoms with Crippen LogP contribution < -0.4 is 5.32 Å². The fourth-order valence-electron chi connectivity index (χ4n) is 1.91. The monoisotopic (exact) mass is 397 g/mol. The molecule has 0 unspecified atom stereocenters. The third kappa shape index (κ3) is 13.2. The molecule has 13 heteroatoms. The maximum absolute atomic E-state index is 11.0. The van der Waals surface area contributed by atoms with Crippen molar-refractivity contribution in [3.8, 4) is 0 Å². The van der Waals surface area contributed by atoms with Gasteiger partial charge in [0.2, 0.25) is 0 Å². The van der Waals surface area contributed by atoms with E-state index in [0.717, 1.165) is 19.3 Å². The lowest BCUT2D eigenvalue weighted by Gasteiger charge is -2.19. The van der Waals surface area contributed by atoms with Crippen molar-refractivity contribution in [1.82, 2.24) is 5.32 Å². The van der Waals surface area contributed by atoms with Gasteiger partial charge in [0.1, 0.15) is 0 Å². The minimum absolute atomic E-state index is 0.249. The average Bonchev–Trinajstić information content (AvgIpc) is 2.31. The van der Waals surface area contributed by atoms with Gasteiger partial charge >= 0.3 is 15.2 Å². The topological polar surface area (TPSA) is 181 Å². The molecule has 0 bridgehead atoms. The Hall–Kier alpha value is 0.170. The van der Waals surface area contributed by atoms with Crippen molar-refractivity contribution in [2.45, 2.75) is 43.9 Å². The summed E-state index contributed by atoms with van der Waals surface area (Å²) in [7, 11) is -13.7. The summed E-state index contributed by atoms with van der Waals surface area (Å²) in [5.74, 6) is -0.249. The van der Waals surface area contributed by atoms with Crippen LogP contribution in [0.3, 0.4) is 0 Å². The van der Waals surface area contributed by atoms with Crippen molar-refractivity contribution in [3.05, 3.63) is 0 Å². The number of unbranched alkanes of at least 4 members (excludes halogenated alkanes) is 5. The van der Waals surface area contributed by atoms with E-state index >= 15 is 0 Å². The van der Waals surface area contributed by atoms with Gasteiger partial charge in [-0.2, -0.15) is 8.42 Å². The molecular formula is C10H25NO9P2S. The van der Waals surface area contributed by atoms with Crippen molar-refractivity contribution in [2.75, 3.05) is 18.8 Å². The summed E-state index contributed by atoms with van der Waals surface area (Å²) < 4.78 is 51.5. The highest BCUT2D eigenvalue weighted by atomic mass is 32.2. The molecule has 0 fully saturated rings. The van der Waals surface area contributed by atoms with E-state index < -0.39 is 37.3 Å². The van der Waals surface area contributed by atoms with E-state index in [2.05, 4.69) is 5.32 Å². The molecule has 0 spiro atoms. The minimum Gasteiger partial charge on any atom is -0.324 e. The number of rotatable bonds is 13. The number of hydrogen-bond donors (Lipinski definition) is 6. The summed E-state index contributed by atoms with van der Waals surface area (Å²) in [6, 6.07) is 0. The van der Waals surface area contributed by atoms with Gasteiger partial charge < -0.3 is 24.9 Å². The Balaban J connectivity index is 3.73. The largest absolute Gasteiger partial charge is 0.342 e. The van der Waals surface area contributed by atoms with E-state index in [0.29, 0.717) is 25.8 Å². The Labute approximate surface area is 135 Å². The van der Waals surface area contributed by atoms with Crippen LogP contribution in [0.1, 0.15) is 38.5 Å². The second kappa shape index (κ2) is 10.2. The first kappa shape index (κ1) is 23.2. The Morgan fingerprint density at radius 1 is 0.826 bits per heavy atom. The van der Waals surface area contributed by atoms with E-state index in [1.807, 2.05) is 0 Å². The van der Waals surface area contributed by atoms with Crippen LogP contribution in [0.4, 0.5) is 0 Å². The van der Waals surface area contributed by atoms with Crippen LogP contribution in [-0.4, -0.2) is 56.8 Å². The first-order chi connectivity index (χ1) is 10.3. The Morgan fingerprint density at radius 3 is 1.70 bits per heavy atom. The van der Waals surface area contributed by atoms with Gasteiger partial charge in [0.05, 0.1) is 5.75 Å². The van der Waals surface area contributed by atoms with Crippen molar-refractivity contribution < 1.29 is 41.7 Å². The third-order valence-corrected chi connectivity index (χ3v) is 7.64. The number of hydrogen-bond acceptors (Lipinski definition) is 5. The van der Waals surface area contributed by atoms with Gasteiger partial charge in [-0.1, -0.05) is 25.7 Å². The summed E-state index contributed by atoms with van der Waals surface area (Å²) in [4.78, 5) is 35.6. The van der Waals surface area contributed by atoms with E-state index in [9.17, 15) is 17.5 Å². The fraction of sp³-hybridized carbons (Fsp3) is 1.00. The lowest BCUT2D eigenvalue weighted by atomic mass is 10.1. The van der Waals surface area contributed by atoms with E-state index in [1.165, 1.54) is 0 Å². The molecule has 0 aliphatic heterocycles. The number of nitrogens with one attached hydrogen (secondary N) is 1. The second-order valence-corrected chi connectivity index (χ2v) is 10.9. The molecule has 0 rings (SSSR count). The second-order valence-electron chi connectivity index (χ2n) is 5.27. The SMILES string of the molecule is O=P(O)(O)C(CNCCCCCCCCS(=O)(=O)O)P(=O)(O)O. The predicted octanol–water partition coefficient (Wildman–Crippen LogP) is 0.486. The molecule has 0 heterocycles. The van der Waals surface area contributed by atoms with Crippen LogP contribution in [0.15, 0.2) is 0 Å². The molecule has 0 saturated carbocycles. The summed E-state index contributed by atoms with van der Waals surface area (Å²) in [5.41, 5.74) is 0. The van der Waals surface area contributed by atoms with Gasteiger partial charge in [0.15, 0.2) is 5.40 Å². The summed E-state index contributed by atoms with van der Waals surface area (Å²) in [6.45, 7) is -0.107. The highest BCUT2D eigenvalue weighted by molar-refractivity contribution is 7.85. The molecule has 0 amide bonds. The molecular weight excluding hydrogens is 372 g/mol. The van der Waals surface area contributed by atoms with Gasteiger partial charge in [0.25, 0.3) is 10.1 Å². The zero-order chi connectivity index (χ0) is 18.1. The first-order valence-electron chi connectivity index (χ1n) is 7.10. The van der Waals surface area contributed by atoms with Crippen molar-refractivity contribution in [3.63, 3.8) is 0 Å². The molecule has 0 aliphatic rings. The van der Waals surface area contributed by atoms with Crippen LogP contribution in [0.25, 0.3) is 0 Å². The minimum atomic E-state index is -4.88. The Bertz CT molecular complexity index is 504. The molecule has 10 nitrogen and oxygen atoms in total. The van der Waals surface area contributed by atoms with Crippen molar-refractivity contribution in [2.24, 2.45) is 0 Å². The van der Waals surface area contributed by atoms with Gasteiger partial charge in [-0.05, 0) is 19.4 Å². The Morgan fingerprint density at radius 2 is 1.26 bits per heavy atom. The van der Waals surface area contributed by atoms with E-state index in [-0.39, 0.29) is 5.75 Å². The van der Waals surface area contributed by atoms with Gasteiger partial charge in [-0.3, -0.25) is 13.7 Å². The molecule has 0 aromatic carbocycles. The molecule has 0 atom stereocenters. The van der Waals surface area contributed by atoms with Gasteiger partial charge in [0, 0.05) is 6.54 Å². The average molecular weight is 397 g/mol. The first-order valence-corrected chi connectivity index (χ1v) is 12.1. The smallest absolute Gasteiger partial charge is 0.324 e. The highest BCUT2D eigenvalue weighted by Gasteiger charge is 2.42. The predicted molar refractivity (Wildman–Crippen MR) is 84.9 cm³/mol. The van der Waals surface area contributed by atoms with Crippen LogP contribution >= 0.6 is 15.2 Å². The fourth-order valence-corrected chi connectivity index (χ4v) is 4.78. The lowest BCUT2D eigenvalue weighted by molar-refractivity contribution is 0.336. The van der Waals surface area contributed by atoms with Gasteiger partial charge in [-0.15, -0.1) is 0 Å². The van der Waals surface area contributed by atoms with Crippen molar-refractivity contribution >= 4 is 25.3 Å². The van der Waals surface area contributed by atoms with Crippen LogP contribution in [-0.2, 0) is 19.2 Å². The highest BCUT2D eigenvalue weighted by Crippen LogP contribution is 2.59. The molecule has 140 valence electrons. The molecule has 0 aliphatic carbocycles. The lowest BCUT2D eigenvalue weighted by Crippen LogP contribution is -2.27. The quantitative estimate of drug-likeness (QED) is 0.145. The maximum Gasteiger partial charge on any atom is 0.342 e. The zero-order valence-electron chi connectivity index (χ0n) is 12.6.